The first kappa shape index (κ1) is 24.2. The number of β-amino-alcohol motifs (C(OH)–C–C–N with tert-alkyl or cyclic N) is 1. The number of aliphatic hydroxyl groups excluding tert-OH is 1. The number of hydrogen-bond acceptors (Lipinski definition) is 6. The van der Waals surface area contributed by atoms with E-state index in [0.29, 0.717) is 18.0 Å². The number of ether oxygens (including phenoxy) is 3. The Labute approximate surface area is 190 Å². The Kier molecular flexibility index (Phi) is 8.29. The second-order valence-electron chi connectivity index (χ2n) is 9.12. The molecule has 0 saturated heterocycles. The Hall–Kier alpha value is -2.41. The zero-order valence-corrected chi connectivity index (χ0v) is 19.5. The van der Waals surface area contributed by atoms with Gasteiger partial charge >= 0.3 is 5.97 Å². The van der Waals surface area contributed by atoms with Gasteiger partial charge in [0.2, 0.25) is 0 Å². The molecule has 1 saturated carbocycles. The Morgan fingerprint density at radius 3 is 2.44 bits per heavy atom. The van der Waals surface area contributed by atoms with Gasteiger partial charge in [-0.3, -0.25) is 0 Å². The third-order valence-electron chi connectivity index (χ3n) is 5.80. The van der Waals surface area contributed by atoms with Crippen molar-refractivity contribution in [3.05, 3.63) is 65.2 Å². The van der Waals surface area contributed by atoms with Gasteiger partial charge in [0.1, 0.15) is 5.75 Å². The number of hydrogen-bond donors (Lipinski definition) is 2. The van der Waals surface area contributed by atoms with Crippen LogP contribution in [0.3, 0.4) is 0 Å². The van der Waals surface area contributed by atoms with E-state index in [1.165, 1.54) is 7.11 Å². The van der Waals surface area contributed by atoms with Crippen LogP contribution in [0.1, 0.15) is 54.3 Å². The van der Waals surface area contributed by atoms with Crippen LogP contribution < -0.4 is 10.1 Å². The number of aliphatic hydroxyl groups is 1. The summed E-state index contributed by atoms with van der Waals surface area (Å²) in [5, 5.41) is 14.0. The minimum absolute atomic E-state index is 0.0536. The molecule has 2 N–H and O–H groups in total. The lowest BCUT2D eigenvalue weighted by atomic mass is 9.94. The molecule has 0 spiro atoms. The fourth-order valence-electron chi connectivity index (χ4n) is 3.90. The largest absolute Gasteiger partial charge is 0.496 e. The van der Waals surface area contributed by atoms with Gasteiger partial charge in [0.25, 0.3) is 0 Å². The summed E-state index contributed by atoms with van der Waals surface area (Å²) in [6.45, 7) is 4.87. The molecule has 2 atom stereocenters. The van der Waals surface area contributed by atoms with Gasteiger partial charge in [0.05, 0.1) is 38.6 Å². The minimum atomic E-state index is -0.619. The summed E-state index contributed by atoms with van der Waals surface area (Å²) in [5.74, 6) is 0.974. The number of para-hydroxylation sites is 1. The van der Waals surface area contributed by atoms with Gasteiger partial charge in [0, 0.05) is 17.6 Å². The lowest BCUT2D eigenvalue weighted by molar-refractivity contribution is -0.0219. The van der Waals surface area contributed by atoms with Crippen LogP contribution >= 0.6 is 0 Å². The second kappa shape index (κ2) is 10.9. The van der Waals surface area contributed by atoms with Crippen LogP contribution in [0.5, 0.6) is 5.75 Å². The Morgan fingerprint density at radius 2 is 1.81 bits per heavy atom. The maximum absolute atomic E-state index is 11.6. The van der Waals surface area contributed by atoms with Crippen molar-refractivity contribution in [1.82, 2.24) is 5.32 Å². The van der Waals surface area contributed by atoms with E-state index in [9.17, 15) is 9.90 Å². The fourth-order valence-corrected chi connectivity index (χ4v) is 3.90. The number of esters is 1. The van der Waals surface area contributed by atoms with Crippen molar-refractivity contribution in [2.45, 2.75) is 50.9 Å². The summed E-state index contributed by atoms with van der Waals surface area (Å²) in [5.41, 5.74) is 2.46. The third-order valence-corrected chi connectivity index (χ3v) is 5.80. The molecule has 6 nitrogen and oxygen atoms in total. The van der Waals surface area contributed by atoms with Crippen molar-refractivity contribution in [2.75, 3.05) is 27.4 Å². The lowest BCUT2D eigenvalue weighted by Crippen LogP contribution is -2.46. The number of methoxy groups -OCH3 is 2. The van der Waals surface area contributed by atoms with E-state index in [1.807, 2.05) is 36.4 Å². The van der Waals surface area contributed by atoms with E-state index in [0.717, 1.165) is 36.1 Å². The normalized spacial score (nSPS) is 15.8. The molecule has 3 rings (SSSR count). The molecule has 6 heteroatoms. The van der Waals surface area contributed by atoms with Crippen molar-refractivity contribution in [2.24, 2.45) is 5.92 Å². The highest BCUT2D eigenvalue weighted by molar-refractivity contribution is 5.89. The molecule has 0 aromatic heterocycles. The van der Waals surface area contributed by atoms with Crippen molar-refractivity contribution in [3.8, 4) is 5.75 Å². The number of nitrogens with one attached hydrogen (secondary N) is 1. The van der Waals surface area contributed by atoms with E-state index in [4.69, 9.17) is 14.2 Å². The zero-order chi connectivity index (χ0) is 23.1. The van der Waals surface area contributed by atoms with Crippen molar-refractivity contribution < 1.29 is 24.1 Å². The molecule has 0 bridgehead atoms. The van der Waals surface area contributed by atoms with Crippen LogP contribution in [0.4, 0.5) is 0 Å². The molecular formula is C26H35NO5. The van der Waals surface area contributed by atoms with E-state index in [2.05, 4.69) is 19.2 Å². The summed E-state index contributed by atoms with van der Waals surface area (Å²) >= 11 is 0. The molecule has 1 aliphatic rings. The monoisotopic (exact) mass is 441 g/mol. The van der Waals surface area contributed by atoms with Gasteiger partial charge in [-0.05, 0) is 62.8 Å². The average Bonchev–Trinajstić information content (AvgIpc) is 3.63. The van der Waals surface area contributed by atoms with Crippen LogP contribution in [0, 0.1) is 5.92 Å². The molecule has 1 aliphatic carbocycles. The SMILES string of the molecule is COC(=O)c1ccc(CC(C)(C)NC[C@@H](O)CO[C@@H](c2ccccc2OC)C2CC2)cc1. The molecule has 0 aliphatic heterocycles. The average molecular weight is 442 g/mol. The number of benzene rings is 2. The van der Waals surface area contributed by atoms with E-state index in [-0.39, 0.29) is 24.2 Å². The van der Waals surface area contributed by atoms with Crippen molar-refractivity contribution >= 4 is 5.97 Å². The maximum Gasteiger partial charge on any atom is 0.337 e. The van der Waals surface area contributed by atoms with Crippen molar-refractivity contribution in [3.63, 3.8) is 0 Å². The third kappa shape index (κ3) is 6.79. The Bertz CT molecular complexity index is 876. The molecule has 1 fully saturated rings. The second-order valence-corrected chi connectivity index (χ2v) is 9.12. The Morgan fingerprint density at radius 1 is 1.12 bits per heavy atom. The van der Waals surface area contributed by atoms with E-state index >= 15 is 0 Å². The minimum Gasteiger partial charge on any atom is -0.496 e. The first-order chi connectivity index (χ1) is 15.3. The maximum atomic E-state index is 11.6. The molecule has 0 amide bonds. The highest BCUT2D eigenvalue weighted by atomic mass is 16.5. The summed E-state index contributed by atoms with van der Waals surface area (Å²) in [7, 11) is 3.05. The molecule has 0 heterocycles. The van der Waals surface area contributed by atoms with Crippen molar-refractivity contribution in [1.29, 1.82) is 0 Å². The predicted octanol–water partition coefficient (Wildman–Crippen LogP) is 3.92. The first-order valence-electron chi connectivity index (χ1n) is 11.2. The van der Waals surface area contributed by atoms with Gasteiger partial charge in [-0.15, -0.1) is 0 Å². The number of carbonyl (C=O) groups excluding carboxylic acids is 1. The van der Waals surface area contributed by atoms with Gasteiger partial charge in [-0.25, -0.2) is 4.79 Å². The summed E-state index contributed by atoms with van der Waals surface area (Å²) < 4.78 is 16.4. The lowest BCUT2D eigenvalue weighted by Gasteiger charge is -2.29. The summed E-state index contributed by atoms with van der Waals surface area (Å²) in [6, 6.07) is 15.4. The van der Waals surface area contributed by atoms with Crippen LogP contribution in [0.25, 0.3) is 0 Å². The fraction of sp³-hybridized carbons (Fsp3) is 0.500. The zero-order valence-electron chi connectivity index (χ0n) is 19.5. The number of carbonyl (C=O) groups is 1. The topological polar surface area (TPSA) is 77.0 Å². The molecule has 2 aromatic carbocycles. The predicted molar refractivity (Wildman–Crippen MR) is 124 cm³/mol. The first-order valence-corrected chi connectivity index (χ1v) is 11.2. The molecule has 174 valence electrons. The van der Waals surface area contributed by atoms with Gasteiger partial charge in [-0.2, -0.15) is 0 Å². The molecular weight excluding hydrogens is 406 g/mol. The highest BCUT2D eigenvalue weighted by Crippen LogP contribution is 2.45. The molecule has 0 unspecified atom stereocenters. The van der Waals surface area contributed by atoms with Crippen LogP contribution in [0.15, 0.2) is 48.5 Å². The highest BCUT2D eigenvalue weighted by Gasteiger charge is 2.35. The van der Waals surface area contributed by atoms with Crippen LogP contribution in [-0.2, 0) is 15.9 Å². The molecule has 2 aromatic rings. The quantitative estimate of drug-likeness (QED) is 0.486. The van der Waals surface area contributed by atoms with Gasteiger partial charge in [0.15, 0.2) is 0 Å². The number of rotatable bonds is 12. The van der Waals surface area contributed by atoms with Crippen LogP contribution in [0.2, 0.25) is 0 Å². The van der Waals surface area contributed by atoms with Gasteiger partial charge < -0.3 is 24.6 Å². The van der Waals surface area contributed by atoms with Crippen LogP contribution in [-0.4, -0.2) is 50.1 Å². The smallest absolute Gasteiger partial charge is 0.337 e. The molecule has 0 radical (unpaired) electrons. The Balaban J connectivity index is 1.49. The molecule has 32 heavy (non-hydrogen) atoms. The van der Waals surface area contributed by atoms with E-state index in [1.54, 1.807) is 19.2 Å². The summed E-state index contributed by atoms with van der Waals surface area (Å²) in [4.78, 5) is 11.6. The standard InChI is InChI=1S/C26H35NO5/c1-26(2,15-18-9-11-20(12-10-18)25(29)31-4)27-16-21(28)17-32-24(19-13-14-19)22-7-5-6-8-23(22)30-3/h5-12,19,21,24,27-28H,13-17H2,1-4H3/t21-,24-/m1/s1. The van der Waals surface area contributed by atoms with Gasteiger partial charge in [-0.1, -0.05) is 30.3 Å². The summed E-state index contributed by atoms with van der Waals surface area (Å²) in [6.07, 6.45) is 2.36. The van der Waals surface area contributed by atoms with E-state index < -0.39 is 6.10 Å².